The van der Waals surface area contributed by atoms with Crippen molar-refractivity contribution < 1.29 is 0 Å². The van der Waals surface area contributed by atoms with E-state index in [0.29, 0.717) is 11.8 Å². The van der Waals surface area contributed by atoms with Gasteiger partial charge in [0.05, 0.1) is 0 Å². The number of nitrogens with zero attached hydrogens (tertiary/aromatic N) is 1. The Labute approximate surface area is 92.4 Å². The molecule has 0 aromatic heterocycles. The minimum absolute atomic E-state index is 0.201. The largest absolute Gasteiger partial charge is 0.286 e. The number of hydrogen-bond acceptors (Lipinski definition) is 1. The zero-order valence-electron chi connectivity index (χ0n) is 8.34. The van der Waals surface area contributed by atoms with E-state index < -0.39 is 0 Å². The molecule has 1 atom stereocenters. The Morgan fingerprint density at radius 2 is 2.29 bits per heavy atom. The number of allylic oxidation sites excluding steroid dienone is 3. The smallest absolute Gasteiger partial charge is 0.128 e. The molecular weight excluding hydrogens is 240 g/mol. The van der Waals surface area contributed by atoms with E-state index in [1.807, 2.05) is 6.21 Å². The van der Waals surface area contributed by atoms with Crippen LogP contribution < -0.4 is 0 Å². The maximum absolute atomic E-state index is 7.65. The number of amidine groups is 1. The third-order valence-corrected chi connectivity index (χ3v) is 3.67. The van der Waals surface area contributed by atoms with Crippen LogP contribution in [0.1, 0.15) is 20.3 Å². The molecule has 2 aliphatic rings. The average molecular weight is 253 g/mol. The van der Waals surface area contributed by atoms with Crippen LogP contribution in [0.15, 0.2) is 26.7 Å². The normalized spacial score (nSPS) is 25.9. The second-order valence-electron chi connectivity index (χ2n) is 4.02. The molecule has 0 saturated carbocycles. The molecule has 1 aliphatic heterocycles. The fourth-order valence-corrected chi connectivity index (χ4v) is 2.90. The molecule has 1 N–H and O–H groups in total. The fraction of sp³-hybridized carbons (Fsp3) is 0.455. The predicted octanol–water partition coefficient (Wildman–Crippen LogP) is 3.30. The van der Waals surface area contributed by atoms with E-state index in [-0.39, 0.29) is 5.92 Å². The van der Waals surface area contributed by atoms with Crippen LogP contribution in [0.3, 0.4) is 0 Å². The molecule has 3 heteroatoms. The molecule has 1 unspecified atom stereocenters. The summed E-state index contributed by atoms with van der Waals surface area (Å²) in [6.45, 7) is 4.37. The van der Waals surface area contributed by atoms with E-state index in [9.17, 15) is 0 Å². The predicted molar refractivity (Wildman–Crippen MR) is 63.2 cm³/mol. The summed E-state index contributed by atoms with van der Waals surface area (Å²) < 4.78 is 1.15. The fourth-order valence-electron chi connectivity index (χ4n) is 1.90. The van der Waals surface area contributed by atoms with Crippen LogP contribution in [0.25, 0.3) is 0 Å². The quantitative estimate of drug-likeness (QED) is 0.744. The molecular formula is C11H13BrN2. The molecule has 0 aromatic carbocycles. The molecule has 0 spiro atoms. The van der Waals surface area contributed by atoms with Crippen molar-refractivity contribution in [3.63, 3.8) is 0 Å². The summed E-state index contributed by atoms with van der Waals surface area (Å²) in [7, 11) is 0. The van der Waals surface area contributed by atoms with Crippen LogP contribution >= 0.6 is 15.9 Å². The van der Waals surface area contributed by atoms with E-state index in [4.69, 9.17) is 5.41 Å². The van der Waals surface area contributed by atoms with E-state index in [1.165, 1.54) is 11.1 Å². The topological polar surface area (TPSA) is 36.2 Å². The van der Waals surface area contributed by atoms with Crippen LogP contribution in [0.4, 0.5) is 0 Å². The molecule has 0 saturated heterocycles. The third kappa shape index (κ3) is 1.40. The lowest BCUT2D eigenvalue weighted by Crippen LogP contribution is -2.14. The maximum Gasteiger partial charge on any atom is 0.128 e. The number of aliphatic imine (C=N–C) groups is 1. The SMILES string of the molecule is CC(C)C1=CCC2C(=N)N=CC2=C1Br. The van der Waals surface area contributed by atoms with Crippen LogP contribution in [0, 0.1) is 17.2 Å². The Balaban J connectivity index is 2.41. The van der Waals surface area contributed by atoms with Gasteiger partial charge in [0.15, 0.2) is 0 Å². The van der Waals surface area contributed by atoms with Crippen molar-refractivity contribution in [1.29, 1.82) is 5.41 Å². The number of halogens is 1. The van der Waals surface area contributed by atoms with Gasteiger partial charge in [-0.2, -0.15) is 0 Å². The first-order valence-corrected chi connectivity index (χ1v) is 5.63. The molecule has 14 heavy (non-hydrogen) atoms. The number of hydrogen-bond donors (Lipinski definition) is 1. The van der Waals surface area contributed by atoms with Crippen molar-refractivity contribution in [1.82, 2.24) is 0 Å². The van der Waals surface area contributed by atoms with Crippen molar-refractivity contribution in [3.8, 4) is 0 Å². The van der Waals surface area contributed by atoms with Gasteiger partial charge in [0.25, 0.3) is 0 Å². The molecule has 0 amide bonds. The second-order valence-corrected chi connectivity index (χ2v) is 4.81. The zero-order valence-corrected chi connectivity index (χ0v) is 9.93. The van der Waals surface area contributed by atoms with Crippen molar-refractivity contribution in [2.75, 3.05) is 0 Å². The second kappa shape index (κ2) is 3.46. The molecule has 2 nitrogen and oxygen atoms in total. The highest BCUT2D eigenvalue weighted by atomic mass is 79.9. The molecule has 2 rings (SSSR count). The van der Waals surface area contributed by atoms with Gasteiger partial charge in [-0.15, -0.1) is 0 Å². The first-order chi connectivity index (χ1) is 6.61. The lowest BCUT2D eigenvalue weighted by molar-refractivity contribution is 0.743. The van der Waals surface area contributed by atoms with Gasteiger partial charge in [-0.25, -0.2) is 4.99 Å². The summed E-state index contributed by atoms with van der Waals surface area (Å²) in [4.78, 5) is 4.06. The van der Waals surface area contributed by atoms with Crippen molar-refractivity contribution >= 4 is 28.0 Å². The van der Waals surface area contributed by atoms with Crippen LogP contribution in [0.2, 0.25) is 0 Å². The summed E-state index contributed by atoms with van der Waals surface area (Å²) in [5.74, 6) is 1.23. The highest BCUT2D eigenvalue weighted by molar-refractivity contribution is 9.12. The lowest BCUT2D eigenvalue weighted by Gasteiger charge is -2.21. The maximum atomic E-state index is 7.65. The molecule has 0 radical (unpaired) electrons. The van der Waals surface area contributed by atoms with Gasteiger partial charge in [0.1, 0.15) is 5.84 Å². The van der Waals surface area contributed by atoms with Crippen LogP contribution in [-0.4, -0.2) is 12.1 Å². The molecule has 1 heterocycles. The number of fused-ring (bicyclic) bond motifs is 1. The highest BCUT2D eigenvalue weighted by Gasteiger charge is 2.29. The molecule has 0 fully saturated rings. The minimum Gasteiger partial charge on any atom is -0.286 e. The Hall–Kier alpha value is -0.700. The zero-order chi connectivity index (χ0) is 10.3. The first-order valence-electron chi connectivity index (χ1n) is 4.84. The first kappa shape index (κ1) is 9.84. The average Bonchev–Trinajstić information content (AvgIpc) is 2.49. The Morgan fingerprint density at radius 1 is 1.57 bits per heavy atom. The Bertz CT molecular complexity index is 375. The van der Waals surface area contributed by atoms with Gasteiger partial charge < -0.3 is 0 Å². The minimum atomic E-state index is 0.201. The molecule has 0 bridgehead atoms. The van der Waals surface area contributed by atoms with Crippen molar-refractivity contribution in [3.05, 3.63) is 21.7 Å². The summed E-state index contributed by atoms with van der Waals surface area (Å²) in [6.07, 6.45) is 4.98. The summed E-state index contributed by atoms with van der Waals surface area (Å²) in [6, 6.07) is 0. The van der Waals surface area contributed by atoms with E-state index in [1.54, 1.807) is 0 Å². The monoisotopic (exact) mass is 252 g/mol. The van der Waals surface area contributed by atoms with Crippen molar-refractivity contribution in [2.45, 2.75) is 20.3 Å². The van der Waals surface area contributed by atoms with E-state index in [2.05, 4.69) is 40.8 Å². The highest BCUT2D eigenvalue weighted by Crippen LogP contribution is 2.38. The summed E-state index contributed by atoms with van der Waals surface area (Å²) in [5, 5.41) is 7.65. The van der Waals surface area contributed by atoms with Gasteiger partial charge >= 0.3 is 0 Å². The Kier molecular flexibility index (Phi) is 2.43. The third-order valence-electron chi connectivity index (χ3n) is 2.75. The number of rotatable bonds is 1. The molecule has 74 valence electrons. The van der Waals surface area contributed by atoms with Gasteiger partial charge in [0, 0.05) is 16.6 Å². The van der Waals surface area contributed by atoms with E-state index >= 15 is 0 Å². The van der Waals surface area contributed by atoms with Crippen molar-refractivity contribution in [2.24, 2.45) is 16.8 Å². The molecule has 1 aliphatic carbocycles. The number of nitrogens with one attached hydrogen (secondary N) is 1. The summed E-state index contributed by atoms with van der Waals surface area (Å²) in [5.41, 5.74) is 2.53. The molecule has 0 aromatic rings. The Morgan fingerprint density at radius 3 is 2.93 bits per heavy atom. The standard InChI is InChI=1S/C11H13BrN2/c1-6(2)7-3-4-8-9(10(7)12)5-14-11(8)13/h3,5-6,8,13H,4H2,1-2H3. The summed E-state index contributed by atoms with van der Waals surface area (Å²) >= 11 is 3.61. The van der Waals surface area contributed by atoms with Crippen LogP contribution in [-0.2, 0) is 0 Å². The lowest BCUT2D eigenvalue weighted by atomic mass is 9.86. The van der Waals surface area contributed by atoms with Crippen LogP contribution in [0.5, 0.6) is 0 Å². The van der Waals surface area contributed by atoms with E-state index in [0.717, 1.165) is 10.9 Å². The van der Waals surface area contributed by atoms with Gasteiger partial charge in [-0.1, -0.05) is 35.9 Å². The van der Waals surface area contributed by atoms with Gasteiger partial charge in [-0.05, 0) is 23.5 Å². The van der Waals surface area contributed by atoms with Gasteiger partial charge in [-0.3, -0.25) is 5.41 Å². The van der Waals surface area contributed by atoms with Gasteiger partial charge in [0.2, 0.25) is 0 Å².